The zero-order chi connectivity index (χ0) is 27.3. The topological polar surface area (TPSA) is 98.6 Å². The average molecular weight is 516 g/mol. The summed E-state index contributed by atoms with van der Waals surface area (Å²) in [6, 6.07) is 20.7. The minimum atomic E-state index is -0.995. The third-order valence-electron chi connectivity index (χ3n) is 6.60. The SMILES string of the molecule is CCC(C)(C)NC(=O)C(c1ccc(OC)cc1)N(C(=O)Cn1nnc2ccccc21)c1ccccc1OC. The van der Waals surface area contributed by atoms with Crippen molar-refractivity contribution in [2.75, 3.05) is 19.1 Å². The van der Waals surface area contributed by atoms with E-state index in [-0.39, 0.29) is 18.4 Å². The summed E-state index contributed by atoms with van der Waals surface area (Å²) in [4.78, 5) is 29.7. The smallest absolute Gasteiger partial charge is 0.249 e. The van der Waals surface area contributed by atoms with Crippen LogP contribution in [0, 0.1) is 0 Å². The molecule has 1 heterocycles. The van der Waals surface area contributed by atoms with E-state index in [1.807, 2.05) is 57.2 Å². The average Bonchev–Trinajstić information content (AvgIpc) is 3.34. The summed E-state index contributed by atoms with van der Waals surface area (Å²) >= 11 is 0. The number of methoxy groups -OCH3 is 2. The number of para-hydroxylation sites is 3. The first-order chi connectivity index (χ1) is 18.3. The second-order valence-corrected chi connectivity index (χ2v) is 9.57. The van der Waals surface area contributed by atoms with E-state index in [4.69, 9.17) is 9.47 Å². The quantitative estimate of drug-likeness (QED) is 0.333. The summed E-state index contributed by atoms with van der Waals surface area (Å²) in [7, 11) is 3.12. The van der Waals surface area contributed by atoms with Gasteiger partial charge in [-0.3, -0.25) is 14.5 Å². The third kappa shape index (κ3) is 5.61. The van der Waals surface area contributed by atoms with Crippen LogP contribution in [0.4, 0.5) is 5.69 Å². The van der Waals surface area contributed by atoms with Gasteiger partial charge in [0.05, 0.1) is 25.4 Å². The molecule has 1 N–H and O–H groups in total. The second-order valence-electron chi connectivity index (χ2n) is 9.57. The van der Waals surface area contributed by atoms with Crippen molar-refractivity contribution in [2.45, 2.75) is 45.3 Å². The molecule has 1 unspecified atom stereocenters. The van der Waals surface area contributed by atoms with Gasteiger partial charge in [0.15, 0.2) is 0 Å². The van der Waals surface area contributed by atoms with Crippen LogP contribution in [-0.4, -0.2) is 46.6 Å². The minimum Gasteiger partial charge on any atom is -0.497 e. The van der Waals surface area contributed by atoms with Crippen LogP contribution in [0.3, 0.4) is 0 Å². The van der Waals surface area contributed by atoms with Crippen molar-refractivity contribution in [3.05, 3.63) is 78.4 Å². The Balaban J connectivity index is 1.85. The molecule has 198 valence electrons. The number of benzene rings is 3. The highest BCUT2D eigenvalue weighted by Gasteiger charge is 2.36. The maximum atomic E-state index is 14.2. The maximum Gasteiger partial charge on any atom is 0.249 e. The summed E-state index contributed by atoms with van der Waals surface area (Å²) in [5, 5.41) is 11.5. The number of fused-ring (bicyclic) bond motifs is 1. The minimum absolute atomic E-state index is 0.129. The Labute approximate surface area is 222 Å². The van der Waals surface area contributed by atoms with Gasteiger partial charge in [-0.25, -0.2) is 4.68 Å². The fraction of sp³-hybridized carbons (Fsp3) is 0.310. The van der Waals surface area contributed by atoms with Crippen LogP contribution in [0.5, 0.6) is 11.5 Å². The molecule has 3 aromatic carbocycles. The van der Waals surface area contributed by atoms with Crippen LogP contribution in [0.15, 0.2) is 72.8 Å². The van der Waals surface area contributed by atoms with Gasteiger partial charge < -0.3 is 14.8 Å². The number of amides is 2. The van der Waals surface area contributed by atoms with Gasteiger partial charge in [-0.1, -0.05) is 48.5 Å². The van der Waals surface area contributed by atoms with Crippen LogP contribution in [0.1, 0.15) is 38.8 Å². The number of nitrogens with one attached hydrogen (secondary N) is 1. The molecule has 38 heavy (non-hydrogen) atoms. The van der Waals surface area contributed by atoms with Gasteiger partial charge in [-0.05, 0) is 62.2 Å². The van der Waals surface area contributed by atoms with Crippen molar-refractivity contribution < 1.29 is 19.1 Å². The molecule has 0 saturated heterocycles. The summed E-state index contributed by atoms with van der Waals surface area (Å²) in [5.74, 6) is 0.441. The van der Waals surface area contributed by atoms with Gasteiger partial charge in [0, 0.05) is 5.54 Å². The van der Waals surface area contributed by atoms with E-state index >= 15 is 0 Å². The standard InChI is InChI=1S/C29H33N5O4/c1-6-29(2,3)30-28(36)27(20-15-17-21(37-4)18-16-20)34(24-13-9-10-14-25(24)38-5)26(35)19-33-23-12-8-7-11-22(23)31-32-33/h7-18,27H,6,19H2,1-5H3,(H,30,36). The Morgan fingerprint density at radius 2 is 1.66 bits per heavy atom. The van der Waals surface area contributed by atoms with E-state index in [1.54, 1.807) is 48.2 Å². The van der Waals surface area contributed by atoms with Crippen molar-refractivity contribution in [3.63, 3.8) is 0 Å². The Kier molecular flexibility index (Phi) is 7.95. The number of aromatic nitrogens is 3. The molecule has 4 aromatic rings. The van der Waals surface area contributed by atoms with Gasteiger partial charge >= 0.3 is 0 Å². The first-order valence-corrected chi connectivity index (χ1v) is 12.5. The molecular formula is C29H33N5O4. The summed E-state index contributed by atoms with van der Waals surface area (Å²) in [6.07, 6.45) is 0.710. The maximum absolute atomic E-state index is 14.2. The Bertz CT molecular complexity index is 1410. The number of hydrogen-bond acceptors (Lipinski definition) is 6. The molecular weight excluding hydrogens is 482 g/mol. The molecule has 0 aliphatic rings. The normalized spacial score (nSPS) is 12.1. The van der Waals surface area contributed by atoms with Crippen molar-refractivity contribution in [1.29, 1.82) is 0 Å². The molecule has 1 atom stereocenters. The van der Waals surface area contributed by atoms with E-state index < -0.39 is 11.6 Å². The largest absolute Gasteiger partial charge is 0.497 e. The van der Waals surface area contributed by atoms with Crippen LogP contribution in [0.25, 0.3) is 11.0 Å². The lowest BCUT2D eigenvalue weighted by molar-refractivity contribution is -0.128. The monoisotopic (exact) mass is 515 g/mol. The summed E-state index contributed by atoms with van der Waals surface area (Å²) in [5.41, 5.74) is 2.00. The molecule has 0 saturated carbocycles. The molecule has 1 aromatic heterocycles. The fourth-order valence-electron chi connectivity index (χ4n) is 4.18. The molecule has 0 aliphatic carbocycles. The number of carbonyl (C=O) groups excluding carboxylic acids is 2. The number of ether oxygens (including phenoxy) is 2. The molecule has 0 spiro atoms. The van der Waals surface area contributed by atoms with Gasteiger partial charge in [-0.2, -0.15) is 0 Å². The fourth-order valence-corrected chi connectivity index (χ4v) is 4.18. The van der Waals surface area contributed by atoms with Crippen molar-refractivity contribution in [1.82, 2.24) is 20.3 Å². The second kappa shape index (κ2) is 11.3. The molecule has 0 fully saturated rings. The zero-order valence-electron chi connectivity index (χ0n) is 22.3. The highest BCUT2D eigenvalue weighted by molar-refractivity contribution is 6.02. The number of anilines is 1. The lowest BCUT2D eigenvalue weighted by Gasteiger charge is -2.35. The van der Waals surface area contributed by atoms with Crippen LogP contribution in [-0.2, 0) is 16.1 Å². The predicted molar refractivity (Wildman–Crippen MR) is 146 cm³/mol. The van der Waals surface area contributed by atoms with Crippen molar-refractivity contribution in [2.24, 2.45) is 0 Å². The molecule has 4 rings (SSSR count). The zero-order valence-corrected chi connectivity index (χ0v) is 22.3. The van der Waals surface area contributed by atoms with Gasteiger partial charge in [0.1, 0.15) is 29.6 Å². The highest BCUT2D eigenvalue weighted by Crippen LogP contribution is 2.36. The van der Waals surface area contributed by atoms with E-state index in [9.17, 15) is 9.59 Å². The van der Waals surface area contributed by atoms with Crippen LogP contribution < -0.4 is 19.7 Å². The van der Waals surface area contributed by atoms with Gasteiger partial charge in [-0.15, -0.1) is 5.10 Å². The number of carbonyl (C=O) groups is 2. The lowest BCUT2D eigenvalue weighted by atomic mass is 9.98. The molecule has 9 heteroatoms. The predicted octanol–water partition coefficient (Wildman–Crippen LogP) is 4.53. The number of rotatable bonds is 10. The van der Waals surface area contributed by atoms with Crippen molar-refractivity contribution >= 4 is 28.5 Å². The van der Waals surface area contributed by atoms with E-state index in [2.05, 4.69) is 15.6 Å². The molecule has 2 amide bonds. The number of hydrogen-bond donors (Lipinski definition) is 1. The van der Waals surface area contributed by atoms with Crippen LogP contribution >= 0.6 is 0 Å². The first-order valence-electron chi connectivity index (χ1n) is 12.5. The third-order valence-corrected chi connectivity index (χ3v) is 6.60. The van der Waals surface area contributed by atoms with Gasteiger partial charge in [0.2, 0.25) is 11.8 Å². The number of nitrogens with zero attached hydrogens (tertiary/aromatic N) is 4. The Hall–Kier alpha value is -4.40. The van der Waals surface area contributed by atoms with E-state index in [0.717, 1.165) is 5.52 Å². The Morgan fingerprint density at radius 1 is 0.974 bits per heavy atom. The molecule has 9 nitrogen and oxygen atoms in total. The summed E-state index contributed by atoms with van der Waals surface area (Å²) < 4.78 is 12.5. The van der Waals surface area contributed by atoms with Gasteiger partial charge in [0.25, 0.3) is 0 Å². The summed E-state index contributed by atoms with van der Waals surface area (Å²) in [6.45, 7) is 5.77. The van der Waals surface area contributed by atoms with E-state index in [0.29, 0.717) is 34.7 Å². The molecule has 0 bridgehead atoms. The van der Waals surface area contributed by atoms with E-state index in [1.165, 1.54) is 12.0 Å². The van der Waals surface area contributed by atoms with Crippen molar-refractivity contribution in [3.8, 4) is 11.5 Å². The first kappa shape index (κ1) is 26.7. The highest BCUT2D eigenvalue weighted by atomic mass is 16.5. The molecule has 0 aliphatic heterocycles. The molecule has 0 radical (unpaired) electrons. The van der Waals surface area contributed by atoms with Crippen LogP contribution in [0.2, 0.25) is 0 Å². The Morgan fingerprint density at radius 3 is 2.34 bits per heavy atom. The lowest BCUT2D eigenvalue weighted by Crippen LogP contribution is -2.51.